The lowest BCUT2D eigenvalue weighted by molar-refractivity contribution is 0.0690. The van der Waals surface area contributed by atoms with Gasteiger partial charge in [-0.15, -0.1) is 0 Å². The highest BCUT2D eigenvalue weighted by atomic mass is 16.4. The molecule has 8 heteroatoms. The second kappa shape index (κ2) is 5.39. The molecule has 0 spiro atoms. The Balaban J connectivity index is 2.01. The molecule has 2 amide bonds. The number of hydrogen-bond donors (Lipinski definition) is 3. The van der Waals surface area contributed by atoms with Crippen LogP contribution in [0.4, 0.5) is 16.2 Å². The summed E-state index contributed by atoms with van der Waals surface area (Å²) in [6, 6.07) is 2.32. The molecular weight excluding hydrogens is 262 g/mol. The van der Waals surface area contributed by atoms with E-state index < -0.39 is 12.0 Å². The van der Waals surface area contributed by atoms with E-state index in [-0.39, 0.29) is 5.69 Å². The van der Waals surface area contributed by atoms with E-state index >= 15 is 0 Å². The molecule has 0 aliphatic carbocycles. The van der Waals surface area contributed by atoms with Crippen LogP contribution in [0, 0.1) is 6.92 Å². The molecule has 20 heavy (non-hydrogen) atoms. The van der Waals surface area contributed by atoms with E-state index in [4.69, 9.17) is 5.11 Å². The average molecular weight is 275 g/mol. The molecule has 0 fully saturated rings. The number of carbonyl (C=O) groups is 2. The number of carboxylic acid groups (broad SMARTS) is 1. The van der Waals surface area contributed by atoms with E-state index in [1.54, 1.807) is 24.9 Å². The first-order valence-corrected chi connectivity index (χ1v) is 5.73. The third-order valence-corrected chi connectivity index (χ3v) is 2.50. The van der Waals surface area contributed by atoms with Crippen molar-refractivity contribution in [3.05, 3.63) is 35.9 Å². The summed E-state index contributed by atoms with van der Waals surface area (Å²) in [6.45, 7) is 1.78. The number of pyridine rings is 1. The Labute approximate surface area is 114 Å². The van der Waals surface area contributed by atoms with Crippen molar-refractivity contribution in [3.8, 4) is 0 Å². The fraction of sp³-hybridized carbons (Fsp3) is 0.167. The molecule has 2 rings (SSSR count). The predicted molar refractivity (Wildman–Crippen MR) is 71.8 cm³/mol. The maximum atomic E-state index is 11.8. The van der Waals surface area contributed by atoms with Crippen molar-refractivity contribution in [2.45, 2.75) is 6.92 Å². The Hall–Kier alpha value is -2.90. The lowest BCUT2D eigenvalue weighted by atomic mass is 10.3. The van der Waals surface area contributed by atoms with Gasteiger partial charge in [-0.3, -0.25) is 4.68 Å². The van der Waals surface area contributed by atoms with E-state index in [1.807, 2.05) is 0 Å². The summed E-state index contributed by atoms with van der Waals surface area (Å²) in [5, 5.41) is 18.0. The SMILES string of the molecule is Cc1nn(C)cc1NC(=O)Nc1ccc(C(=O)O)nc1. The van der Waals surface area contributed by atoms with Gasteiger partial charge in [0.25, 0.3) is 0 Å². The van der Waals surface area contributed by atoms with Gasteiger partial charge in [-0.1, -0.05) is 0 Å². The van der Waals surface area contributed by atoms with Crippen LogP contribution in [0.2, 0.25) is 0 Å². The van der Waals surface area contributed by atoms with Gasteiger partial charge in [-0.2, -0.15) is 5.10 Å². The Morgan fingerprint density at radius 2 is 2.05 bits per heavy atom. The molecule has 2 aromatic heterocycles. The van der Waals surface area contributed by atoms with E-state index in [0.717, 1.165) is 0 Å². The zero-order chi connectivity index (χ0) is 14.7. The number of carboxylic acids is 1. The molecule has 0 radical (unpaired) electrons. The van der Waals surface area contributed by atoms with Crippen LogP contribution in [0.3, 0.4) is 0 Å². The van der Waals surface area contributed by atoms with E-state index in [2.05, 4.69) is 20.7 Å². The molecule has 0 atom stereocenters. The minimum Gasteiger partial charge on any atom is -0.477 e. The second-order valence-corrected chi connectivity index (χ2v) is 4.12. The maximum Gasteiger partial charge on any atom is 0.354 e. The topological polar surface area (TPSA) is 109 Å². The van der Waals surface area contributed by atoms with Gasteiger partial charge in [0.2, 0.25) is 0 Å². The van der Waals surface area contributed by atoms with E-state index in [9.17, 15) is 9.59 Å². The normalized spacial score (nSPS) is 10.1. The average Bonchev–Trinajstić information content (AvgIpc) is 2.68. The van der Waals surface area contributed by atoms with Crippen molar-refractivity contribution in [3.63, 3.8) is 0 Å². The summed E-state index contributed by atoms with van der Waals surface area (Å²) in [5.41, 5.74) is 1.61. The fourth-order valence-corrected chi connectivity index (χ4v) is 1.60. The number of anilines is 2. The fourth-order valence-electron chi connectivity index (χ4n) is 1.60. The van der Waals surface area contributed by atoms with Gasteiger partial charge >= 0.3 is 12.0 Å². The third-order valence-electron chi connectivity index (χ3n) is 2.50. The number of urea groups is 1. The molecule has 104 valence electrons. The molecule has 0 aliphatic rings. The van der Waals surface area contributed by atoms with Crippen LogP contribution < -0.4 is 10.6 Å². The van der Waals surface area contributed by atoms with Crippen LogP contribution in [-0.2, 0) is 7.05 Å². The minimum absolute atomic E-state index is 0.0842. The summed E-state index contributed by atoms with van der Waals surface area (Å²) in [6.07, 6.45) is 2.96. The van der Waals surface area contributed by atoms with Crippen molar-refractivity contribution in [1.82, 2.24) is 14.8 Å². The maximum absolute atomic E-state index is 11.8. The largest absolute Gasteiger partial charge is 0.477 e. The van der Waals surface area contributed by atoms with Crippen molar-refractivity contribution in [1.29, 1.82) is 0 Å². The molecule has 3 N–H and O–H groups in total. The highest BCUT2D eigenvalue weighted by Gasteiger charge is 2.09. The highest BCUT2D eigenvalue weighted by molar-refractivity contribution is 6.00. The second-order valence-electron chi connectivity index (χ2n) is 4.12. The van der Waals surface area contributed by atoms with E-state index in [1.165, 1.54) is 18.3 Å². The van der Waals surface area contributed by atoms with Gasteiger partial charge < -0.3 is 15.7 Å². The number of nitrogens with zero attached hydrogens (tertiary/aromatic N) is 3. The number of nitrogens with one attached hydrogen (secondary N) is 2. The predicted octanol–water partition coefficient (Wildman–Crippen LogP) is 1.47. The molecule has 2 aromatic rings. The first-order chi connectivity index (χ1) is 9.45. The number of aromatic carboxylic acids is 1. The summed E-state index contributed by atoms with van der Waals surface area (Å²) in [5.74, 6) is -1.12. The van der Waals surface area contributed by atoms with Crippen molar-refractivity contribution < 1.29 is 14.7 Å². The summed E-state index contributed by atoms with van der Waals surface area (Å²) < 4.78 is 1.59. The Morgan fingerprint density at radius 3 is 2.55 bits per heavy atom. The summed E-state index contributed by atoms with van der Waals surface area (Å²) in [4.78, 5) is 26.1. The quantitative estimate of drug-likeness (QED) is 0.785. The lowest BCUT2D eigenvalue weighted by Gasteiger charge is -2.06. The number of carbonyl (C=O) groups excluding carboxylic acids is 1. The van der Waals surface area contributed by atoms with Gasteiger partial charge in [-0.25, -0.2) is 14.6 Å². The molecule has 8 nitrogen and oxygen atoms in total. The number of rotatable bonds is 3. The zero-order valence-electron chi connectivity index (χ0n) is 10.9. The Kier molecular flexibility index (Phi) is 3.65. The standard InChI is InChI=1S/C12H13N5O3/c1-7-10(6-17(2)16-7)15-12(20)14-8-3-4-9(11(18)19)13-5-8/h3-6H,1-2H3,(H,18,19)(H2,14,15,20). The first-order valence-electron chi connectivity index (χ1n) is 5.73. The van der Waals surface area contributed by atoms with Crippen molar-refractivity contribution in [2.24, 2.45) is 7.05 Å². The molecule has 0 aliphatic heterocycles. The highest BCUT2D eigenvalue weighted by Crippen LogP contribution is 2.12. The van der Waals surface area contributed by atoms with Crippen molar-refractivity contribution >= 4 is 23.4 Å². The van der Waals surface area contributed by atoms with Gasteiger partial charge in [0.1, 0.15) is 5.69 Å². The van der Waals surface area contributed by atoms with Gasteiger partial charge in [0, 0.05) is 13.2 Å². The molecule has 0 unspecified atom stereocenters. The minimum atomic E-state index is -1.12. The summed E-state index contributed by atoms with van der Waals surface area (Å²) >= 11 is 0. The van der Waals surface area contributed by atoms with Crippen LogP contribution in [0.25, 0.3) is 0 Å². The zero-order valence-corrected chi connectivity index (χ0v) is 10.9. The van der Waals surface area contributed by atoms with Gasteiger partial charge in [0.05, 0.1) is 23.3 Å². The molecular formula is C12H13N5O3. The van der Waals surface area contributed by atoms with Gasteiger partial charge in [0.15, 0.2) is 0 Å². The van der Waals surface area contributed by atoms with Crippen LogP contribution in [0.15, 0.2) is 24.5 Å². The lowest BCUT2D eigenvalue weighted by Crippen LogP contribution is -2.19. The van der Waals surface area contributed by atoms with Crippen LogP contribution in [0.5, 0.6) is 0 Å². The molecule has 2 heterocycles. The smallest absolute Gasteiger partial charge is 0.354 e. The summed E-state index contributed by atoms with van der Waals surface area (Å²) in [7, 11) is 1.75. The third kappa shape index (κ3) is 3.10. The number of aryl methyl sites for hydroxylation is 2. The van der Waals surface area contributed by atoms with Crippen LogP contribution in [0.1, 0.15) is 16.2 Å². The Bertz CT molecular complexity index is 648. The number of aromatic nitrogens is 3. The monoisotopic (exact) mass is 275 g/mol. The molecule has 0 saturated carbocycles. The number of amides is 2. The van der Waals surface area contributed by atoms with E-state index in [0.29, 0.717) is 17.1 Å². The number of hydrogen-bond acceptors (Lipinski definition) is 4. The molecule has 0 bridgehead atoms. The van der Waals surface area contributed by atoms with Crippen molar-refractivity contribution in [2.75, 3.05) is 10.6 Å². The first kappa shape index (κ1) is 13.5. The Morgan fingerprint density at radius 1 is 1.30 bits per heavy atom. The van der Waals surface area contributed by atoms with Crippen LogP contribution in [-0.4, -0.2) is 31.9 Å². The van der Waals surface area contributed by atoms with Crippen LogP contribution >= 0.6 is 0 Å². The molecule has 0 saturated heterocycles. The molecule has 0 aromatic carbocycles. The van der Waals surface area contributed by atoms with Gasteiger partial charge in [-0.05, 0) is 19.1 Å².